The van der Waals surface area contributed by atoms with Crippen LogP contribution in [0.1, 0.15) is 26.7 Å². The molecule has 22 heavy (non-hydrogen) atoms. The van der Waals surface area contributed by atoms with Gasteiger partial charge in [-0.05, 0) is 50.4 Å². The summed E-state index contributed by atoms with van der Waals surface area (Å²) in [4.78, 5) is 2.21. The van der Waals surface area contributed by atoms with E-state index in [-0.39, 0.29) is 16.0 Å². The van der Waals surface area contributed by atoms with E-state index >= 15 is 0 Å². The Morgan fingerprint density at radius 2 is 2.23 bits per heavy atom. The van der Waals surface area contributed by atoms with E-state index in [4.69, 9.17) is 11.6 Å². The Morgan fingerprint density at radius 3 is 2.86 bits per heavy atom. The highest BCUT2D eigenvalue weighted by Gasteiger charge is 2.24. The Kier molecular flexibility index (Phi) is 5.82. The van der Waals surface area contributed by atoms with Gasteiger partial charge in [0.2, 0.25) is 10.0 Å². The number of benzene rings is 1. The fourth-order valence-corrected chi connectivity index (χ4v) is 4.41. The van der Waals surface area contributed by atoms with Crippen molar-refractivity contribution in [2.45, 2.75) is 37.6 Å². The molecule has 4 nitrogen and oxygen atoms in total. The van der Waals surface area contributed by atoms with Crippen molar-refractivity contribution in [2.24, 2.45) is 5.92 Å². The van der Waals surface area contributed by atoms with Crippen molar-refractivity contribution in [2.75, 3.05) is 19.6 Å². The van der Waals surface area contributed by atoms with Gasteiger partial charge in [-0.2, -0.15) is 0 Å². The fourth-order valence-electron chi connectivity index (χ4n) is 2.76. The third-order valence-corrected chi connectivity index (χ3v) is 5.97. The van der Waals surface area contributed by atoms with Gasteiger partial charge in [0.25, 0.3) is 0 Å². The van der Waals surface area contributed by atoms with E-state index in [1.165, 1.54) is 12.5 Å². The molecule has 1 aliphatic heterocycles. The number of halogens is 2. The van der Waals surface area contributed by atoms with Crippen LogP contribution in [0, 0.1) is 11.7 Å². The van der Waals surface area contributed by atoms with Crippen LogP contribution < -0.4 is 4.72 Å². The second-order valence-electron chi connectivity index (χ2n) is 6.02. The molecule has 0 spiro atoms. The predicted molar refractivity (Wildman–Crippen MR) is 86.0 cm³/mol. The number of nitrogens with zero attached hydrogens (tertiary/aromatic N) is 1. The van der Waals surface area contributed by atoms with E-state index in [2.05, 4.69) is 16.5 Å². The quantitative estimate of drug-likeness (QED) is 0.890. The van der Waals surface area contributed by atoms with Gasteiger partial charge in [0.05, 0.1) is 5.02 Å². The molecule has 1 N–H and O–H groups in total. The monoisotopic (exact) mass is 348 g/mol. The van der Waals surface area contributed by atoms with Crippen LogP contribution >= 0.6 is 11.6 Å². The third-order valence-electron chi connectivity index (χ3n) is 4.06. The molecule has 1 aromatic rings. The lowest BCUT2D eigenvalue weighted by molar-refractivity contribution is 0.140. The van der Waals surface area contributed by atoms with Crippen molar-refractivity contribution in [3.05, 3.63) is 29.0 Å². The smallest absolute Gasteiger partial charge is 0.242 e. The van der Waals surface area contributed by atoms with Gasteiger partial charge in [-0.25, -0.2) is 17.5 Å². The molecule has 1 heterocycles. The van der Waals surface area contributed by atoms with Gasteiger partial charge in [0.1, 0.15) is 10.7 Å². The molecule has 0 saturated carbocycles. The van der Waals surface area contributed by atoms with E-state index in [1.807, 2.05) is 6.92 Å². The van der Waals surface area contributed by atoms with Crippen molar-refractivity contribution in [3.63, 3.8) is 0 Å². The Labute approximate surface area is 136 Å². The zero-order valence-corrected chi connectivity index (χ0v) is 14.4. The summed E-state index contributed by atoms with van der Waals surface area (Å²) in [6.07, 6.45) is 2.36. The second kappa shape index (κ2) is 7.25. The number of hydrogen-bond donors (Lipinski definition) is 1. The minimum absolute atomic E-state index is 0.0882. The average molecular weight is 349 g/mol. The lowest BCUT2D eigenvalue weighted by atomic mass is 9.99. The van der Waals surface area contributed by atoms with Crippen molar-refractivity contribution in [1.29, 1.82) is 0 Å². The van der Waals surface area contributed by atoms with Crippen LogP contribution in [0.2, 0.25) is 5.02 Å². The lowest BCUT2D eigenvalue weighted by Gasteiger charge is -2.35. The van der Waals surface area contributed by atoms with Crippen LogP contribution in [0.15, 0.2) is 23.1 Å². The number of sulfonamides is 1. The maximum atomic E-state index is 13.0. The summed E-state index contributed by atoms with van der Waals surface area (Å²) < 4.78 is 40.2. The molecule has 0 bridgehead atoms. The molecule has 1 aromatic carbocycles. The van der Waals surface area contributed by atoms with Crippen LogP contribution in [-0.4, -0.2) is 39.0 Å². The maximum absolute atomic E-state index is 13.0. The fraction of sp³-hybridized carbons (Fsp3) is 0.600. The van der Waals surface area contributed by atoms with E-state index in [0.29, 0.717) is 12.5 Å². The first-order valence-electron chi connectivity index (χ1n) is 7.48. The summed E-state index contributed by atoms with van der Waals surface area (Å²) >= 11 is 5.83. The predicted octanol–water partition coefficient (Wildman–Crippen LogP) is 2.88. The Bertz CT molecular complexity index is 624. The van der Waals surface area contributed by atoms with Gasteiger partial charge in [-0.1, -0.05) is 18.5 Å². The number of rotatable bonds is 5. The molecule has 124 valence electrons. The van der Waals surface area contributed by atoms with E-state index in [9.17, 15) is 12.8 Å². The summed E-state index contributed by atoms with van der Waals surface area (Å²) in [6.45, 7) is 6.50. The van der Waals surface area contributed by atoms with Gasteiger partial charge in [-0.15, -0.1) is 0 Å². The van der Waals surface area contributed by atoms with Crippen LogP contribution in [0.3, 0.4) is 0 Å². The van der Waals surface area contributed by atoms with Crippen molar-refractivity contribution in [3.8, 4) is 0 Å². The molecule has 0 aromatic heterocycles. The molecule has 1 aliphatic rings. The van der Waals surface area contributed by atoms with Crippen molar-refractivity contribution < 1.29 is 12.8 Å². The first-order valence-corrected chi connectivity index (χ1v) is 9.34. The highest BCUT2D eigenvalue weighted by Crippen LogP contribution is 2.22. The minimum atomic E-state index is -3.73. The van der Waals surface area contributed by atoms with E-state index in [0.717, 1.165) is 31.6 Å². The van der Waals surface area contributed by atoms with Gasteiger partial charge in [-0.3, -0.25) is 4.90 Å². The Morgan fingerprint density at radius 1 is 1.50 bits per heavy atom. The maximum Gasteiger partial charge on any atom is 0.242 e. The first kappa shape index (κ1) is 17.7. The summed E-state index contributed by atoms with van der Waals surface area (Å²) in [5.41, 5.74) is 0. The molecule has 1 saturated heterocycles. The Hall–Kier alpha value is -0.690. The molecule has 0 unspecified atom stereocenters. The van der Waals surface area contributed by atoms with Gasteiger partial charge >= 0.3 is 0 Å². The number of nitrogens with one attached hydrogen (secondary N) is 1. The highest BCUT2D eigenvalue weighted by atomic mass is 35.5. The molecule has 1 fully saturated rings. The largest absolute Gasteiger partial charge is 0.299 e. The highest BCUT2D eigenvalue weighted by molar-refractivity contribution is 7.89. The van der Waals surface area contributed by atoms with Gasteiger partial charge < -0.3 is 0 Å². The normalized spacial score (nSPS) is 21.7. The van der Waals surface area contributed by atoms with E-state index in [1.54, 1.807) is 0 Å². The number of piperidine rings is 1. The van der Waals surface area contributed by atoms with Crippen molar-refractivity contribution >= 4 is 21.6 Å². The number of likely N-dealkylation sites (tertiary alicyclic amines) is 1. The summed E-state index contributed by atoms with van der Waals surface area (Å²) in [7, 11) is -3.73. The number of hydrogen-bond acceptors (Lipinski definition) is 3. The SMILES string of the molecule is C[C@H]1CCCN([C@@H](C)CNS(=O)(=O)c2ccc(F)cc2Cl)C1. The second-order valence-corrected chi connectivity index (χ2v) is 8.16. The average Bonchev–Trinajstić information content (AvgIpc) is 2.44. The lowest BCUT2D eigenvalue weighted by Crippen LogP contribution is -2.46. The van der Waals surface area contributed by atoms with Crippen molar-refractivity contribution in [1.82, 2.24) is 9.62 Å². The third kappa shape index (κ3) is 4.41. The zero-order valence-electron chi connectivity index (χ0n) is 12.9. The summed E-state index contributed by atoms with van der Waals surface area (Å²) in [5.74, 6) is 0.0824. The standard InChI is InChI=1S/C15H22ClFN2O2S/c1-11-4-3-7-19(10-11)12(2)9-18-22(20,21)15-6-5-13(17)8-14(15)16/h5-6,8,11-12,18H,3-4,7,9-10H2,1-2H3/t11-,12-/m0/s1. The van der Waals surface area contributed by atoms with Crippen LogP contribution in [0.25, 0.3) is 0 Å². The van der Waals surface area contributed by atoms with E-state index < -0.39 is 15.8 Å². The topological polar surface area (TPSA) is 49.4 Å². The molecule has 0 radical (unpaired) electrons. The first-order chi connectivity index (χ1) is 10.3. The summed E-state index contributed by atoms with van der Waals surface area (Å²) in [5, 5.41) is -0.105. The van der Waals surface area contributed by atoms with Crippen LogP contribution in [0.4, 0.5) is 4.39 Å². The molecule has 0 aliphatic carbocycles. The van der Waals surface area contributed by atoms with Gasteiger partial charge in [0, 0.05) is 19.1 Å². The summed E-state index contributed by atoms with van der Waals surface area (Å²) in [6, 6.07) is 3.40. The molecular formula is C15H22ClFN2O2S. The molecule has 0 amide bonds. The molecule has 2 atom stereocenters. The minimum Gasteiger partial charge on any atom is -0.299 e. The van der Waals surface area contributed by atoms with Crippen LogP contribution in [-0.2, 0) is 10.0 Å². The zero-order chi connectivity index (χ0) is 16.3. The molecular weight excluding hydrogens is 327 g/mol. The van der Waals surface area contributed by atoms with Gasteiger partial charge in [0.15, 0.2) is 0 Å². The van der Waals surface area contributed by atoms with Crippen LogP contribution in [0.5, 0.6) is 0 Å². The Balaban J connectivity index is 2.00. The molecule has 2 rings (SSSR count). The molecule has 7 heteroatoms.